The van der Waals surface area contributed by atoms with Crippen LogP contribution >= 0.6 is 0 Å². The molecule has 1 saturated heterocycles. The monoisotopic (exact) mass is 231 g/mol. The van der Waals surface area contributed by atoms with E-state index in [1.165, 1.54) is 12.8 Å². The van der Waals surface area contributed by atoms with Crippen LogP contribution in [0, 0.1) is 0 Å². The lowest BCUT2D eigenvalue weighted by Crippen LogP contribution is -2.51. The summed E-state index contributed by atoms with van der Waals surface area (Å²) in [7, 11) is 0. The molecule has 1 aliphatic rings. The van der Waals surface area contributed by atoms with E-state index in [1.807, 2.05) is 6.92 Å². The number of ether oxygens (including phenoxy) is 1. The average molecular weight is 231 g/mol. The number of hydrogen-bond acceptors (Lipinski definition) is 4. The van der Waals surface area contributed by atoms with E-state index in [4.69, 9.17) is 4.74 Å². The number of nitrogens with one attached hydrogen (secondary N) is 1. The van der Waals surface area contributed by atoms with Gasteiger partial charge in [-0.05, 0) is 38.6 Å². The molecule has 1 aliphatic heterocycles. The third-order valence-electron chi connectivity index (χ3n) is 3.51. The Kier molecular flexibility index (Phi) is 6.28. The first-order valence-corrected chi connectivity index (χ1v) is 6.34. The van der Waals surface area contributed by atoms with Gasteiger partial charge in [-0.3, -0.25) is 0 Å². The molecule has 4 nitrogen and oxygen atoms in total. The second kappa shape index (κ2) is 7.22. The highest BCUT2D eigenvalue weighted by Gasteiger charge is 2.25. The molecule has 1 fully saturated rings. The summed E-state index contributed by atoms with van der Waals surface area (Å²) in [6.07, 6.45) is 5.64. The summed E-state index contributed by atoms with van der Waals surface area (Å²) >= 11 is 0. The van der Waals surface area contributed by atoms with Crippen molar-refractivity contribution in [1.82, 2.24) is 5.32 Å². The van der Waals surface area contributed by atoms with E-state index in [9.17, 15) is 10.2 Å². The van der Waals surface area contributed by atoms with Gasteiger partial charge in [0.1, 0.15) is 0 Å². The maximum atomic E-state index is 9.24. The summed E-state index contributed by atoms with van der Waals surface area (Å²) in [5.41, 5.74) is -0.503. The second-order valence-corrected chi connectivity index (χ2v) is 4.65. The molecule has 0 amide bonds. The van der Waals surface area contributed by atoms with Crippen LogP contribution in [0.5, 0.6) is 0 Å². The molecular formula is C12H25NO3. The van der Waals surface area contributed by atoms with E-state index >= 15 is 0 Å². The Hall–Kier alpha value is -0.160. The number of aliphatic hydroxyl groups excluding tert-OH is 2. The molecule has 1 atom stereocenters. The van der Waals surface area contributed by atoms with Crippen LogP contribution in [-0.2, 0) is 4.74 Å². The van der Waals surface area contributed by atoms with Crippen molar-refractivity contribution in [3.05, 3.63) is 0 Å². The van der Waals surface area contributed by atoms with Crippen LogP contribution in [0.2, 0.25) is 0 Å². The van der Waals surface area contributed by atoms with E-state index in [-0.39, 0.29) is 13.2 Å². The highest BCUT2D eigenvalue weighted by atomic mass is 16.5. The predicted octanol–water partition coefficient (Wildman–Crippen LogP) is 0.669. The predicted molar refractivity (Wildman–Crippen MR) is 63.4 cm³/mol. The van der Waals surface area contributed by atoms with Gasteiger partial charge in [0, 0.05) is 6.61 Å². The fourth-order valence-electron chi connectivity index (χ4n) is 2.07. The van der Waals surface area contributed by atoms with Crippen LogP contribution < -0.4 is 5.32 Å². The minimum atomic E-state index is -0.503. The first kappa shape index (κ1) is 13.9. The topological polar surface area (TPSA) is 61.7 Å². The van der Waals surface area contributed by atoms with Crippen LogP contribution in [0.3, 0.4) is 0 Å². The van der Waals surface area contributed by atoms with Crippen LogP contribution in [0.1, 0.15) is 39.0 Å². The SMILES string of the molecule is CCC(CO)(CO)NCCCC1CCCO1. The molecule has 0 saturated carbocycles. The molecule has 0 bridgehead atoms. The lowest BCUT2D eigenvalue weighted by Gasteiger charge is -2.30. The van der Waals surface area contributed by atoms with E-state index in [2.05, 4.69) is 5.32 Å². The molecule has 1 rings (SSSR count). The van der Waals surface area contributed by atoms with Crippen molar-refractivity contribution in [3.8, 4) is 0 Å². The maximum absolute atomic E-state index is 9.24. The summed E-state index contributed by atoms with van der Waals surface area (Å²) in [6.45, 7) is 3.68. The number of hydrogen-bond donors (Lipinski definition) is 3. The largest absolute Gasteiger partial charge is 0.394 e. The Balaban J connectivity index is 2.12. The lowest BCUT2D eigenvalue weighted by molar-refractivity contribution is 0.0818. The van der Waals surface area contributed by atoms with Gasteiger partial charge >= 0.3 is 0 Å². The smallest absolute Gasteiger partial charge is 0.0645 e. The average Bonchev–Trinajstić information content (AvgIpc) is 2.83. The van der Waals surface area contributed by atoms with Gasteiger partial charge in [0.15, 0.2) is 0 Å². The van der Waals surface area contributed by atoms with Crippen LogP contribution in [0.15, 0.2) is 0 Å². The molecule has 96 valence electrons. The van der Waals surface area contributed by atoms with E-state index in [0.29, 0.717) is 6.10 Å². The van der Waals surface area contributed by atoms with Gasteiger partial charge in [-0.2, -0.15) is 0 Å². The van der Waals surface area contributed by atoms with Crippen LogP contribution in [0.4, 0.5) is 0 Å². The second-order valence-electron chi connectivity index (χ2n) is 4.65. The summed E-state index contributed by atoms with van der Waals surface area (Å²) < 4.78 is 5.54. The van der Waals surface area contributed by atoms with Gasteiger partial charge in [-0.1, -0.05) is 6.92 Å². The van der Waals surface area contributed by atoms with Gasteiger partial charge in [-0.25, -0.2) is 0 Å². The summed E-state index contributed by atoms with van der Waals surface area (Å²) in [4.78, 5) is 0. The van der Waals surface area contributed by atoms with Gasteiger partial charge in [0.05, 0.1) is 24.9 Å². The van der Waals surface area contributed by atoms with E-state index in [1.54, 1.807) is 0 Å². The zero-order chi connectivity index (χ0) is 11.9. The molecule has 0 aromatic carbocycles. The van der Waals surface area contributed by atoms with Crippen molar-refractivity contribution in [2.75, 3.05) is 26.4 Å². The van der Waals surface area contributed by atoms with Crippen molar-refractivity contribution < 1.29 is 14.9 Å². The molecule has 0 aromatic rings. The summed E-state index contributed by atoms with van der Waals surface area (Å²) in [5, 5.41) is 21.7. The quantitative estimate of drug-likeness (QED) is 0.537. The van der Waals surface area contributed by atoms with Crippen LogP contribution in [0.25, 0.3) is 0 Å². The Morgan fingerprint density at radius 1 is 1.38 bits per heavy atom. The van der Waals surface area contributed by atoms with Gasteiger partial charge in [-0.15, -0.1) is 0 Å². The lowest BCUT2D eigenvalue weighted by atomic mass is 9.98. The molecular weight excluding hydrogens is 206 g/mol. The Bertz CT molecular complexity index is 169. The number of rotatable bonds is 8. The van der Waals surface area contributed by atoms with Crippen molar-refractivity contribution in [2.45, 2.75) is 50.7 Å². The molecule has 3 N–H and O–H groups in total. The van der Waals surface area contributed by atoms with E-state index < -0.39 is 5.54 Å². The molecule has 1 heterocycles. The van der Waals surface area contributed by atoms with Crippen LogP contribution in [-0.4, -0.2) is 48.2 Å². The molecule has 0 aromatic heterocycles. The molecule has 4 heteroatoms. The Labute approximate surface area is 98.0 Å². The Morgan fingerprint density at radius 2 is 2.12 bits per heavy atom. The van der Waals surface area contributed by atoms with Gasteiger partial charge in [0.2, 0.25) is 0 Å². The molecule has 0 aliphatic carbocycles. The fourth-order valence-corrected chi connectivity index (χ4v) is 2.07. The van der Waals surface area contributed by atoms with E-state index in [0.717, 1.165) is 32.4 Å². The van der Waals surface area contributed by atoms with Gasteiger partial charge < -0.3 is 20.3 Å². The first-order valence-electron chi connectivity index (χ1n) is 6.34. The number of aliphatic hydroxyl groups is 2. The fraction of sp³-hybridized carbons (Fsp3) is 1.00. The van der Waals surface area contributed by atoms with Crippen molar-refractivity contribution in [3.63, 3.8) is 0 Å². The molecule has 16 heavy (non-hydrogen) atoms. The van der Waals surface area contributed by atoms with Crippen molar-refractivity contribution in [2.24, 2.45) is 0 Å². The molecule has 0 spiro atoms. The third kappa shape index (κ3) is 4.01. The molecule has 0 radical (unpaired) electrons. The normalized spacial score (nSPS) is 21.6. The standard InChI is InChI=1S/C12H25NO3/c1-2-12(9-14,10-15)13-7-3-5-11-6-4-8-16-11/h11,13-15H,2-10H2,1H3. The summed E-state index contributed by atoms with van der Waals surface area (Å²) in [6, 6.07) is 0. The van der Waals surface area contributed by atoms with Crippen molar-refractivity contribution in [1.29, 1.82) is 0 Å². The highest BCUT2D eigenvalue weighted by molar-refractivity contribution is 4.85. The minimum absolute atomic E-state index is 0.0140. The minimum Gasteiger partial charge on any atom is -0.394 e. The van der Waals surface area contributed by atoms with Gasteiger partial charge in [0.25, 0.3) is 0 Å². The maximum Gasteiger partial charge on any atom is 0.0645 e. The Morgan fingerprint density at radius 3 is 2.62 bits per heavy atom. The zero-order valence-corrected chi connectivity index (χ0v) is 10.2. The zero-order valence-electron chi connectivity index (χ0n) is 10.2. The van der Waals surface area contributed by atoms with Crippen molar-refractivity contribution >= 4 is 0 Å². The summed E-state index contributed by atoms with van der Waals surface area (Å²) in [5.74, 6) is 0. The first-order chi connectivity index (χ1) is 7.76. The molecule has 1 unspecified atom stereocenters. The highest BCUT2D eigenvalue weighted by Crippen LogP contribution is 2.16. The third-order valence-corrected chi connectivity index (χ3v) is 3.51.